The second-order valence-electron chi connectivity index (χ2n) is 25.1. The van der Waals surface area contributed by atoms with Crippen LogP contribution in [0.1, 0.15) is 109 Å². The van der Waals surface area contributed by atoms with Crippen LogP contribution in [0.5, 0.6) is 0 Å². The van der Waals surface area contributed by atoms with Gasteiger partial charge in [-0.05, 0) is 105 Å². The molecule has 0 saturated carbocycles. The summed E-state index contributed by atoms with van der Waals surface area (Å²) in [7, 11) is 0. The van der Waals surface area contributed by atoms with Crippen molar-refractivity contribution < 1.29 is 63.0 Å². The van der Waals surface area contributed by atoms with Gasteiger partial charge in [-0.15, -0.1) is 0 Å². The number of hydrogen-bond acceptors (Lipinski definition) is 13. The molecule has 0 bridgehead atoms. The Balaban J connectivity index is 0.945. The molecule has 5 heterocycles. The topological polar surface area (TPSA) is 394 Å². The minimum Gasteiger partial charge on any atom is -0.480 e. The normalized spacial score (nSPS) is 18.8. The second-order valence-corrected chi connectivity index (χ2v) is 25.1. The van der Waals surface area contributed by atoms with E-state index in [0.29, 0.717) is 30.4 Å². The van der Waals surface area contributed by atoms with Crippen LogP contribution in [-0.2, 0) is 72.0 Å². The number of hydrogen-bond donors (Lipinski definition) is 12. The Morgan fingerprint density at radius 1 is 0.511 bits per heavy atom. The van der Waals surface area contributed by atoms with Gasteiger partial charge in [0.1, 0.15) is 54.4 Å². The number of aliphatic hydroxyl groups excluding tert-OH is 1. The summed E-state index contributed by atoms with van der Waals surface area (Å²) in [4.78, 5) is 164. The number of nitrogens with zero attached hydrogens (tertiary/aromatic N) is 3. The summed E-state index contributed by atoms with van der Waals surface area (Å²) in [5.74, 6) is -8.84. The lowest BCUT2D eigenvalue weighted by atomic mass is 9.99. The van der Waals surface area contributed by atoms with E-state index in [1.807, 2.05) is 70.2 Å². The molecule has 3 aromatic carbocycles. The molecule has 5 aromatic rings. The number of rotatable bonds is 30. The summed E-state index contributed by atoms with van der Waals surface area (Å²) < 4.78 is 0. The van der Waals surface area contributed by atoms with Crippen LogP contribution in [-0.4, -0.2) is 187 Å². The smallest absolute Gasteiger partial charge is 0.326 e. The number of aromatic nitrogens is 2. The lowest BCUT2D eigenvalue weighted by Gasteiger charge is -2.32. The van der Waals surface area contributed by atoms with Gasteiger partial charge in [-0.1, -0.05) is 94.4 Å². The molecule has 3 saturated heterocycles. The Bertz CT molecular complexity index is 3480. The Hall–Kier alpha value is -9.17. The SMILES string of the molecule is CC(C)C[C@H](NC(=O)[C@H](CCC(N)=O)NC(=O)[C@@H]1CCCN1C(=O)[C@H](CC(C)C)NC(=O)[C@H](Cc1c[nH]c2ccccc12)NC(=O)[C@H](CO)NC(=O)[C@@H]1CCCN1C(=O)[C@@H](N)Cc1c[nH]c2ccccc12)C(=O)N1CCC[C@H]1C(=O)N[C@@H](Cc1ccccc1)C(=O)O. The summed E-state index contributed by atoms with van der Waals surface area (Å²) in [6.45, 7) is 6.87. The maximum Gasteiger partial charge on any atom is 0.326 e. The van der Waals surface area contributed by atoms with Crippen molar-refractivity contribution in [2.75, 3.05) is 26.2 Å². The largest absolute Gasteiger partial charge is 0.480 e. The third kappa shape index (κ3) is 17.4. The van der Waals surface area contributed by atoms with Crippen molar-refractivity contribution in [3.63, 3.8) is 0 Å². The van der Waals surface area contributed by atoms with Crippen LogP contribution < -0.4 is 43.4 Å². The number of amides is 10. The molecule has 10 amide bonds. The fourth-order valence-electron chi connectivity index (χ4n) is 12.7. The molecule has 0 aliphatic carbocycles. The highest BCUT2D eigenvalue weighted by molar-refractivity contribution is 6.00. The summed E-state index contributed by atoms with van der Waals surface area (Å²) in [5, 5.41) is 38.5. The van der Waals surface area contributed by atoms with Crippen molar-refractivity contribution in [2.45, 2.75) is 172 Å². The molecular formula is C66H87N13O13. The number of primary amides is 1. The molecule has 3 fully saturated rings. The summed E-state index contributed by atoms with van der Waals surface area (Å²) in [6, 6.07) is 11.2. The fourth-order valence-corrected chi connectivity index (χ4v) is 12.7. The third-order valence-corrected chi connectivity index (χ3v) is 17.3. The molecular weight excluding hydrogens is 1180 g/mol. The number of benzene rings is 3. The first-order chi connectivity index (χ1) is 44.0. The zero-order valence-corrected chi connectivity index (χ0v) is 52.5. The van der Waals surface area contributed by atoms with E-state index in [-0.39, 0.29) is 95.7 Å². The number of H-pyrrole nitrogens is 2. The lowest BCUT2D eigenvalue weighted by molar-refractivity contribution is -0.145. The number of nitrogens with one attached hydrogen (secondary N) is 8. The fraction of sp³-hybridized carbons (Fsp3) is 0.500. The van der Waals surface area contributed by atoms with E-state index in [2.05, 4.69) is 41.9 Å². The average molecular weight is 1270 g/mol. The van der Waals surface area contributed by atoms with E-state index < -0.39 is 132 Å². The standard InChI is InChI=1S/C66H87N13O13/c1-37(2)29-49(64(89)79-28-14-23-55(79)61(86)75-51(66(91)92)31-39-15-6-5-7-16-39)73-57(82)47(24-25-56(68)81)71-60(85)54-22-13-27-78(54)65(90)50(30-38(3)4)74-58(83)48(33-41-35-70-46-20-11-9-18-43(41)46)72-59(84)52(36-80)76-62(87)53-21-12-26-77(53)63(88)44(67)32-40-34-69-45-19-10-8-17-42(40)45/h5-11,15-20,34-35,37-38,44,47-55,69-70,80H,12-14,21-33,36,67H2,1-4H3,(H2,68,81)(H,71,85)(H,72,84)(H,73,82)(H,74,83)(H,75,86)(H,76,87)(H,91,92)/t44-,47-,48-,49-,50-,51-,52-,53-,54-,55-/m0/s1. The maximum atomic E-state index is 14.9. The molecule has 14 N–H and O–H groups in total. The zero-order chi connectivity index (χ0) is 66.3. The van der Waals surface area contributed by atoms with Crippen LogP contribution in [0.4, 0.5) is 0 Å². The zero-order valence-electron chi connectivity index (χ0n) is 52.5. The molecule has 26 nitrogen and oxygen atoms in total. The highest BCUT2D eigenvalue weighted by atomic mass is 16.4. The van der Waals surface area contributed by atoms with Gasteiger partial charge in [-0.25, -0.2) is 4.79 Å². The minimum absolute atomic E-state index is 0.000634. The van der Waals surface area contributed by atoms with Crippen LogP contribution in [0.15, 0.2) is 91.3 Å². The minimum atomic E-state index is -1.59. The van der Waals surface area contributed by atoms with Gasteiger partial charge in [0.05, 0.1) is 12.6 Å². The van der Waals surface area contributed by atoms with Crippen LogP contribution in [0.2, 0.25) is 0 Å². The monoisotopic (exact) mass is 1270 g/mol. The number of aromatic amines is 2. The van der Waals surface area contributed by atoms with Crippen molar-refractivity contribution >= 4 is 86.8 Å². The Kier molecular flexibility index (Phi) is 23.7. The van der Waals surface area contributed by atoms with Crippen LogP contribution in [0, 0.1) is 11.8 Å². The molecule has 3 aliphatic heterocycles. The van der Waals surface area contributed by atoms with Crippen molar-refractivity contribution in [1.82, 2.24) is 56.6 Å². The predicted octanol–water partition coefficient (Wildman–Crippen LogP) is 1.32. The number of fused-ring (bicyclic) bond motifs is 2. The highest BCUT2D eigenvalue weighted by Gasteiger charge is 2.44. The average Bonchev–Trinajstić information content (AvgIpc) is 1.74. The predicted molar refractivity (Wildman–Crippen MR) is 340 cm³/mol. The van der Waals surface area contributed by atoms with Crippen molar-refractivity contribution in [2.24, 2.45) is 23.3 Å². The summed E-state index contributed by atoms with van der Waals surface area (Å²) >= 11 is 0. The number of para-hydroxylation sites is 2. The third-order valence-electron chi connectivity index (χ3n) is 17.3. The highest BCUT2D eigenvalue weighted by Crippen LogP contribution is 2.27. The van der Waals surface area contributed by atoms with E-state index in [4.69, 9.17) is 11.5 Å². The number of aliphatic carboxylic acids is 1. The van der Waals surface area contributed by atoms with E-state index in [0.717, 1.165) is 27.4 Å². The number of likely N-dealkylation sites (tertiary alicyclic amines) is 3. The second kappa shape index (κ2) is 31.7. The van der Waals surface area contributed by atoms with E-state index >= 15 is 0 Å². The first-order valence-corrected chi connectivity index (χ1v) is 31.8. The van der Waals surface area contributed by atoms with Gasteiger partial charge in [0.25, 0.3) is 0 Å². The van der Waals surface area contributed by atoms with Gasteiger partial charge in [-0.3, -0.25) is 47.9 Å². The number of carbonyl (C=O) groups is 11. The van der Waals surface area contributed by atoms with Crippen LogP contribution >= 0.6 is 0 Å². The molecule has 494 valence electrons. The van der Waals surface area contributed by atoms with Crippen LogP contribution in [0.25, 0.3) is 21.8 Å². The molecule has 8 rings (SSSR count). The Morgan fingerprint density at radius 2 is 0.924 bits per heavy atom. The number of aliphatic hydroxyl groups is 1. The van der Waals surface area contributed by atoms with Gasteiger partial charge in [0.2, 0.25) is 59.1 Å². The van der Waals surface area contributed by atoms with Crippen molar-refractivity contribution in [3.05, 3.63) is 108 Å². The number of carboxylic acid groups (broad SMARTS) is 1. The van der Waals surface area contributed by atoms with Gasteiger partial charge in [-0.2, -0.15) is 0 Å². The van der Waals surface area contributed by atoms with Gasteiger partial charge < -0.3 is 78.2 Å². The van der Waals surface area contributed by atoms with Gasteiger partial charge >= 0.3 is 5.97 Å². The van der Waals surface area contributed by atoms with E-state index in [1.165, 1.54) is 14.7 Å². The molecule has 3 aliphatic rings. The molecule has 0 unspecified atom stereocenters. The number of carboxylic acids is 1. The van der Waals surface area contributed by atoms with Gasteiger partial charge in [0, 0.05) is 73.1 Å². The molecule has 0 spiro atoms. The van der Waals surface area contributed by atoms with Crippen molar-refractivity contribution in [3.8, 4) is 0 Å². The molecule has 10 atom stereocenters. The number of carbonyl (C=O) groups excluding carboxylic acids is 10. The number of nitrogens with two attached hydrogens (primary N) is 2. The Labute approximate surface area is 533 Å². The molecule has 26 heteroatoms. The molecule has 0 radical (unpaired) electrons. The van der Waals surface area contributed by atoms with Gasteiger partial charge in [0.15, 0.2) is 0 Å². The molecule has 2 aromatic heterocycles. The first kappa shape index (κ1) is 68.7. The van der Waals surface area contributed by atoms with E-state index in [1.54, 1.807) is 48.8 Å². The first-order valence-electron chi connectivity index (χ1n) is 31.8. The summed E-state index contributed by atoms with van der Waals surface area (Å²) in [5.41, 5.74) is 15.8. The molecule has 92 heavy (non-hydrogen) atoms. The summed E-state index contributed by atoms with van der Waals surface area (Å²) in [6.07, 6.45) is 4.95. The quantitative estimate of drug-likeness (QED) is 0.0309. The van der Waals surface area contributed by atoms with E-state index in [9.17, 15) is 63.0 Å². The van der Waals surface area contributed by atoms with Crippen molar-refractivity contribution in [1.29, 1.82) is 0 Å². The maximum absolute atomic E-state index is 14.9. The Morgan fingerprint density at radius 3 is 1.39 bits per heavy atom. The van der Waals surface area contributed by atoms with Crippen LogP contribution in [0.3, 0.4) is 0 Å². The lowest BCUT2D eigenvalue weighted by Crippen LogP contribution is -2.61.